The number of morpholine rings is 1. The number of nitrogens with two attached hydrogens (primary N) is 1. The van der Waals surface area contributed by atoms with Crippen LogP contribution in [0.1, 0.15) is 6.92 Å². The van der Waals surface area contributed by atoms with Gasteiger partial charge in [-0.05, 0) is 19.1 Å². The van der Waals surface area contributed by atoms with Gasteiger partial charge in [-0.3, -0.25) is 9.59 Å². The molecule has 2 rings (SSSR count). The maximum Gasteiger partial charge on any atom is 0.255 e. The summed E-state index contributed by atoms with van der Waals surface area (Å²) >= 11 is 0. The summed E-state index contributed by atoms with van der Waals surface area (Å²) in [5.74, 6) is -0.261. The van der Waals surface area contributed by atoms with Gasteiger partial charge in [0, 0.05) is 18.3 Å². The lowest BCUT2D eigenvalue weighted by molar-refractivity contribution is -0.123. The van der Waals surface area contributed by atoms with Crippen LogP contribution in [0.15, 0.2) is 24.3 Å². The number of benzene rings is 1. The van der Waals surface area contributed by atoms with Gasteiger partial charge in [-0.25, -0.2) is 0 Å². The van der Waals surface area contributed by atoms with E-state index in [4.69, 9.17) is 15.2 Å². The Labute approximate surface area is 122 Å². The van der Waals surface area contributed by atoms with Crippen molar-refractivity contribution in [2.45, 2.75) is 19.1 Å². The van der Waals surface area contributed by atoms with Crippen molar-refractivity contribution in [3.63, 3.8) is 0 Å². The van der Waals surface area contributed by atoms with Crippen molar-refractivity contribution in [2.75, 3.05) is 25.1 Å². The molecule has 1 aliphatic heterocycles. The number of amides is 2. The van der Waals surface area contributed by atoms with E-state index in [1.807, 2.05) is 6.92 Å². The van der Waals surface area contributed by atoms with Crippen molar-refractivity contribution in [3.05, 3.63) is 24.3 Å². The largest absolute Gasteiger partial charge is 0.484 e. The molecule has 1 fully saturated rings. The predicted octanol–water partition coefficient (Wildman–Crippen LogP) is -0.134. The van der Waals surface area contributed by atoms with Gasteiger partial charge in [0.1, 0.15) is 11.8 Å². The highest BCUT2D eigenvalue weighted by Crippen LogP contribution is 2.18. The minimum atomic E-state index is -0.554. The van der Waals surface area contributed by atoms with E-state index in [9.17, 15) is 9.59 Å². The van der Waals surface area contributed by atoms with Crippen LogP contribution in [0.5, 0.6) is 5.75 Å². The van der Waals surface area contributed by atoms with Crippen LogP contribution >= 0.6 is 0 Å². The zero-order chi connectivity index (χ0) is 15.2. The lowest BCUT2D eigenvalue weighted by Gasteiger charge is -2.29. The van der Waals surface area contributed by atoms with Crippen molar-refractivity contribution in [3.8, 4) is 5.75 Å². The molecule has 1 aromatic carbocycles. The van der Waals surface area contributed by atoms with Crippen molar-refractivity contribution in [1.29, 1.82) is 0 Å². The molecule has 1 heterocycles. The fourth-order valence-corrected chi connectivity index (χ4v) is 2.07. The van der Waals surface area contributed by atoms with Gasteiger partial charge in [-0.15, -0.1) is 0 Å². The van der Waals surface area contributed by atoms with Crippen molar-refractivity contribution in [1.82, 2.24) is 5.32 Å². The molecule has 0 unspecified atom stereocenters. The summed E-state index contributed by atoms with van der Waals surface area (Å²) in [6, 6.07) is 6.39. The van der Waals surface area contributed by atoms with Gasteiger partial charge in [0.25, 0.3) is 5.91 Å². The summed E-state index contributed by atoms with van der Waals surface area (Å²) in [6.45, 7) is 2.89. The molecule has 1 aliphatic rings. The fourth-order valence-electron chi connectivity index (χ4n) is 2.07. The van der Waals surface area contributed by atoms with Gasteiger partial charge >= 0.3 is 0 Å². The molecule has 4 N–H and O–H groups in total. The third kappa shape index (κ3) is 4.44. The Morgan fingerprint density at radius 1 is 1.52 bits per heavy atom. The summed E-state index contributed by atoms with van der Waals surface area (Å²) in [5, 5.41) is 5.91. The number of nitrogens with one attached hydrogen (secondary N) is 2. The zero-order valence-electron chi connectivity index (χ0n) is 11.8. The number of primary amides is 1. The van der Waals surface area contributed by atoms with Crippen LogP contribution in [0.4, 0.5) is 5.69 Å². The Morgan fingerprint density at radius 3 is 3.05 bits per heavy atom. The molecule has 2 amide bonds. The van der Waals surface area contributed by atoms with Crippen molar-refractivity contribution in [2.24, 2.45) is 5.73 Å². The van der Waals surface area contributed by atoms with Crippen LogP contribution < -0.4 is 21.1 Å². The number of hydrogen-bond acceptors (Lipinski definition) is 5. The Morgan fingerprint density at radius 2 is 2.33 bits per heavy atom. The van der Waals surface area contributed by atoms with E-state index in [1.54, 1.807) is 24.3 Å². The normalized spacial score (nSPS) is 21.6. The highest BCUT2D eigenvalue weighted by Gasteiger charge is 2.28. The monoisotopic (exact) mass is 293 g/mol. The molecule has 7 heteroatoms. The fraction of sp³-hybridized carbons (Fsp3) is 0.429. The summed E-state index contributed by atoms with van der Waals surface area (Å²) in [6.07, 6.45) is -0.187. The molecule has 0 spiro atoms. The van der Waals surface area contributed by atoms with Gasteiger partial charge in [-0.2, -0.15) is 0 Å². The first-order valence-electron chi connectivity index (χ1n) is 6.73. The Kier molecular flexibility index (Phi) is 5.13. The number of ether oxygens (including phenoxy) is 2. The minimum Gasteiger partial charge on any atom is -0.484 e. The third-order valence-corrected chi connectivity index (χ3v) is 3.08. The summed E-state index contributed by atoms with van der Waals surface area (Å²) < 4.78 is 10.6. The molecule has 0 aliphatic carbocycles. The number of rotatable bonds is 5. The smallest absolute Gasteiger partial charge is 0.255 e. The number of hydrogen-bond donors (Lipinski definition) is 3. The molecule has 1 saturated heterocycles. The van der Waals surface area contributed by atoms with Gasteiger partial charge in [0.15, 0.2) is 6.61 Å². The minimum absolute atomic E-state index is 0.172. The van der Waals surface area contributed by atoms with E-state index in [0.717, 1.165) is 0 Å². The summed E-state index contributed by atoms with van der Waals surface area (Å²) in [5.41, 5.74) is 5.60. The third-order valence-electron chi connectivity index (χ3n) is 3.08. The highest BCUT2D eigenvalue weighted by atomic mass is 16.5. The summed E-state index contributed by atoms with van der Waals surface area (Å²) in [7, 11) is 0. The van der Waals surface area contributed by atoms with E-state index in [2.05, 4.69) is 10.6 Å². The average molecular weight is 293 g/mol. The molecule has 0 bridgehead atoms. The van der Waals surface area contributed by atoms with Crippen LogP contribution in [0.2, 0.25) is 0 Å². The SMILES string of the molecule is C[C@H]1OCCN[C@@H]1C(=O)Nc1cccc(OCC(N)=O)c1. The topological polar surface area (TPSA) is 103 Å². The molecule has 0 aromatic heterocycles. The van der Waals surface area contributed by atoms with Gasteiger partial charge in [-0.1, -0.05) is 6.07 Å². The second-order valence-electron chi connectivity index (χ2n) is 4.78. The van der Waals surface area contributed by atoms with Gasteiger partial charge in [0.05, 0.1) is 12.7 Å². The second kappa shape index (κ2) is 7.05. The van der Waals surface area contributed by atoms with E-state index in [-0.39, 0.29) is 18.6 Å². The maximum atomic E-state index is 12.2. The van der Waals surface area contributed by atoms with Crippen LogP contribution in [0, 0.1) is 0 Å². The lowest BCUT2D eigenvalue weighted by atomic mass is 10.1. The van der Waals surface area contributed by atoms with E-state index >= 15 is 0 Å². The Bertz CT molecular complexity index is 521. The number of anilines is 1. The molecule has 2 atom stereocenters. The molecule has 0 saturated carbocycles. The molecule has 21 heavy (non-hydrogen) atoms. The first-order valence-corrected chi connectivity index (χ1v) is 6.73. The Hall–Kier alpha value is -2.12. The second-order valence-corrected chi connectivity index (χ2v) is 4.78. The van der Waals surface area contributed by atoms with Crippen LogP contribution in [0.25, 0.3) is 0 Å². The Balaban J connectivity index is 1.97. The average Bonchev–Trinajstić information content (AvgIpc) is 2.46. The number of carbonyl (C=O) groups is 2. The maximum absolute atomic E-state index is 12.2. The van der Waals surface area contributed by atoms with Crippen molar-refractivity contribution < 1.29 is 19.1 Å². The first kappa shape index (κ1) is 15.3. The highest BCUT2D eigenvalue weighted by molar-refractivity contribution is 5.95. The first-order chi connectivity index (χ1) is 10.1. The predicted molar refractivity (Wildman–Crippen MR) is 77.0 cm³/mol. The number of carbonyl (C=O) groups excluding carboxylic acids is 2. The molecule has 1 aromatic rings. The molecule has 7 nitrogen and oxygen atoms in total. The van der Waals surface area contributed by atoms with Gasteiger partial charge in [0.2, 0.25) is 5.91 Å². The lowest BCUT2D eigenvalue weighted by Crippen LogP contribution is -2.53. The van der Waals surface area contributed by atoms with Crippen molar-refractivity contribution >= 4 is 17.5 Å². The van der Waals surface area contributed by atoms with E-state index in [0.29, 0.717) is 24.6 Å². The zero-order valence-corrected chi connectivity index (χ0v) is 11.8. The van der Waals surface area contributed by atoms with E-state index < -0.39 is 11.9 Å². The van der Waals surface area contributed by atoms with Crippen LogP contribution in [0.3, 0.4) is 0 Å². The molecular weight excluding hydrogens is 274 g/mol. The van der Waals surface area contributed by atoms with E-state index in [1.165, 1.54) is 0 Å². The molecule has 0 radical (unpaired) electrons. The quantitative estimate of drug-likeness (QED) is 0.701. The summed E-state index contributed by atoms with van der Waals surface area (Å²) in [4.78, 5) is 22.9. The van der Waals surface area contributed by atoms with Gasteiger partial charge < -0.3 is 25.8 Å². The standard InChI is InChI=1S/C14H19N3O4/c1-9-13(16-5-6-20-9)14(19)17-10-3-2-4-11(7-10)21-8-12(15)18/h2-4,7,9,13,16H,5-6,8H2,1H3,(H2,15,18)(H,17,19)/t9-,13+/m1/s1. The molecule has 114 valence electrons. The van der Waals surface area contributed by atoms with Crippen LogP contribution in [-0.2, 0) is 14.3 Å². The molecular formula is C14H19N3O4. The van der Waals surface area contributed by atoms with Crippen LogP contribution in [-0.4, -0.2) is 43.7 Å².